The average Bonchev–Trinajstić information content (AvgIpc) is 2.28. The van der Waals surface area contributed by atoms with Gasteiger partial charge in [-0.3, -0.25) is 0 Å². The fourth-order valence-electron chi connectivity index (χ4n) is 1.99. The molecule has 1 atom stereocenters. The van der Waals surface area contributed by atoms with Crippen molar-refractivity contribution in [2.45, 2.75) is 19.4 Å². The van der Waals surface area contributed by atoms with Gasteiger partial charge in [0.1, 0.15) is 11.4 Å². The van der Waals surface area contributed by atoms with Crippen molar-refractivity contribution in [3.63, 3.8) is 0 Å². The van der Waals surface area contributed by atoms with E-state index in [1.54, 1.807) is 19.1 Å². The summed E-state index contributed by atoms with van der Waals surface area (Å²) in [5.74, 6) is -0.506. The topological polar surface area (TPSA) is 20.2 Å². The third-order valence-electron chi connectivity index (χ3n) is 3.04. The van der Waals surface area contributed by atoms with Crippen LogP contribution in [-0.2, 0) is 5.60 Å². The van der Waals surface area contributed by atoms with Crippen LogP contribution in [-0.4, -0.2) is 5.11 Å². The molecule has 3 heteroatoms. The first kappa shape index (κ1) is 13.1. The second-order valence-electron chi connectivity index (χ2n) is 4.57. The summed E-state index contributed by atoms with van der Waals surface area (Å²) in [4.78, 5) is 0. The second-order valence-corrected chi connectivity index (χ2v) is 5.00. The van der Waals surface area contributed by atoms with Crippen molar-refractivity contribution in [2.24, 2.45) is 0 Å². The summed E-state index contributed by atoms with van der Waals surface area (Å²) in [6.45, 7) is 3.51. The van der Waals surface area contributed by atoms with Crippen molar-refractivity contribution in [1.29, 1.82) is 0 Å². The third-order valence-corrected chi connectivity index (χ3v) is 3.27. The van der Waals surface area contributed by atoms with Crippen LogP contribution >= 0.6 is 11.6 Å². The molecule has 0 aliphatic carbocycles. The van der Waals surface area contributed by atoms with Gasteiger partial charge in [0.25, 0.3) is 0 Å². The Morgan fingerprint density at radius 2 is 1.89 bits per heavy atom. The van der Waals surface area contributed by atoms with E-state index >= 15 is 0 Å². The molecule has 0 spiro atoms. The molecule has 1 nitrogen and oxygen atoms in total. The van der Waals surface area contributed by atoms with E-state index in [2.05, 4.69) is 0 Å². The summed E-state index contributed by atoms with van der Waals surface area (Å²) in [6.07, 6.45) is 0. The minimum absolute atomic E-state index is 0.220. The predicted octanol–water partition coefficient (Wildman–Crippen LogP) is 4.04. The molecule has 0 amide bonds. The van der Waals surface area contributed by atoms with Crippen LogP contribution in [0.25, 0.3) is 0 Å². The molecule has 2 aromatic carbocycles. The van der Waals surface area contributed by atoms with Crippen molar-refractivity contribution >= 4 is 11.6 Å². The number of hydrogen-bond acceptors (Lipinski definition) is 1. The van der Waals surface area contributed by atoms with Gasteiger partial charge in [0.05, 0.1) is 0 Å². The molecule has 0 radical (unpaired) electrons. The van der Waals surface area contributed by atoms with Gasteiger partial charge in [-0.1, -0.05) is 47.5 Å². The fourth-order valence-corrected chi connectivity index (χ4v) is 2.15. The highest BCUT2D eigenvalue weighted by molar-refractivity contribution is 6.30. The lowest BCUT2D eigenvalue weighted by Gasteiger charge is -2.25. The standard InChI is InChI=1S/C15H14ClFO/c1-10-4-3-5-11(8-10)15(2,18)13-7-6-12(16)9-14(13)17/h3-9,18H,1-2H3. The monoisotopic (exact) mass is 264 g/mol. The lowest BCUT2D eigenvalue weighted by molar-refractivity contribution is 0.0979. The van der Waals surface area contributed by atoms with Gasteiger partial charge in [0.2, 0.25) is 0 Å². The maximum absolute atomic E-state index is 13.9. The summed E-state index contributed by atoms with van der Waals surface area (Å²) < 4.78 is 13.9. The summed E-state index contributed by atoms with van der Waals surface area (Å²) in [7, 11) is 0. The van der Waals surface area contributed by atoms with Crippen LogP contribution in [0.4, 0.5) is 4.39 Å². The van der Waals surface area contributed by atoms with Gasteiger partial charge in [-0.05, 0) is 31.5 Å². The van der Waals surface area contributed by atoms with Gasteiger partial charge in [-0.15, -0.1) is 0 Å². The van der Waals surface area contributed by atoms with Crippen molar-refractivity contribution in [1.82, 2.24) is 0 Å². The van der Waals surface area contributed by atoms with E-state index in [9.17, 15) is 9.50 Å². The number of halogens is 2. The van der Waals surface area contributed by atoms with Crippen LogP contribution in [0.1, 0.15) is 23.6 Å². The number of hydrogen-bond donors (Lipinski definition) is 1. The van der Waals surface area contributed by atoms with Crippen molar-refractivity contribution in [3.05, 3.63) is 70.0 Å². The van der Waals surface area contributed by atoms with E-state index in [0.29, 0.717) is 10.6 Å². The van der Waals surface area contributed by atoms with Crippen molar-refractivity contribution in [2.75, 3.05) is 0 Å². The number of aliphatic hydroxyl groups is 1. The molecule has 1 N–H and O–H groups in total. The van der Waals surface area contributed by atoms with Gasteiger partial charge < -0.3 is 5.11 Å². The fraction of sp³-hybridized carbons (Fsp3) is 0.200. The zero-order chi connectivity index (χ0) is 13.3. The lowest BCUT2D eigenvalue weighted by Crippen LogP contribution is -2.24. The molecule has 0 bridgehead atoms. The molecule has 0 saturated heterocycles. The molecule has 0 aromatic heterocycles. The molecule has 0 heterocycles. The van der Waals surface area contributed by atoms with Crippen molar-refractivity contribution < 1.29 is 9.50 Å². The molecule has 0 saturated carbocycles. The molecule has 18 heavy (non-hydrogen) atoms. The predicted molar refractivity (Wildman–Crippen MR) is 71.3 cm³/mol. The normalized spacial score (nSPS) is 14.3. The van der Waals surface area contributed by atoms with Crippen molar-refractivity contribution in [3.8, 4) is 0 Å². The van der Waals surface area contributed by atoms with Crippen LogP contribution in [0, 0.1) is 12.7 Å². The Hall–Kier alpha value is -1.38. The Morgan fingerprint density at radius 3 is 2.50 bits per heavy atom. The summed E-state index contributed by atoms with van der Waals surface area (Å²) >= 11 is 5.72. The number of rotatable bonds is 2. The van der Waals surface area contributed by atoms with E-state index in [4.69, 9.17) is 11.6 Å². The largest absolute Gasteiger partial charge is 0.381 e. The minimum atomic E-state index is -1.37. The Bertz CT molecular complexity index is 578. The van der Waals surface area contributed by atoms with Crippen LogP contribution < -0.4 is 0 Å². The quantitative estimate of drug-likeness (QED) is 0.868. The minimum Gasteiger partial charge on any atom is -0.381 e. The summed E-state index contributed by atoms with van der Waals surface area (Å²) in [6, 6.07) is 11.7. The zero-order valence-electron chi connectivity index (χ0n) is 10.2. The van der Waals surface area contributed by atoms with E-state index in [-0.39, 0.29) is 5.56 Å². The first-order valence-electron chi connectivity index (χ1n) is 5.66. The van der Waals surface area contributed by atoms with Gasteiger partial charge in [0.15, 0.2) is 0 Å². The van der Waals surface area contributed by atoms with Crippen LogP contribution in [0.2, 0.25) is 5.02 Å². The summed E-state index contributed by atoms with van der Waals surface area (Å²) in [5.41, 5.74) is 0.518. The molecular weight excluding hydrogens is 251 g/mol. The maximum Gasteiger partial charge on any atom is 0.131 e. The Balaban J connectivity index is 2.53. The zero-order valence-corrected chi connectivity index (χ0v) is 11.0. The molecule has 94 valence electrons. The maximum atomic E-state index is 13.9. The van der Waals surface area contributed by atoms with Crippen LogP contribution in [0.5, 0.6) is 0 Å². The Morgan fingerprint density at radius 1 is 1.17 bits per heavy atom. The third kappa shape index (κ3) is 2.40. The Kier molecular flexibility index (Phi) is 3.42. The van der Waals surface area contributed by atoms with Gasteiger partial charge in [-0.25, -0.2) is 4.39 Å². The highest BCUT2D eigenvalue weighted by atomic mass is 35.5. The Labute approximate surface area is 111 Å². The van der Waals surface area contributed by atoms with Gasteiger partial charge in [-0.2, -0.15) is 0 Å². The van der Waals surface area contributed by atoms with Crippen LogP contribution in [0.3, 0.4) is 0 Å². The molecular formula is C15H14ClFO. The van der Waals surface area contributed by atoms with E-state index in [1.807, 2.05) is 25.1 Å². The molecule has 0 aliphatic heterocycles. The van der Waals surface area contributed by atoms with E-state index in [1.165, 1.54) is 12.1 Å². The molecule has 2 rings (SSSR count). The van der Waals surface area contributed by atoms with E-state index < -0.39 is 11.4 Å². The molecule has 2 aromatic rings. The smallest absolute Gasteiger partial charge is 0.131 e. The molecule has 0 aliphatic rings. The second kappa shape index (κ2) is 4.71. The van der Waals surface area contributed by atoms with Gasteiger partial charge >= 0.3 is 0 Å². The molecule has 0 fully saturated rings. The highest BCUT2D eigenvalue weighted by Crippen LogP contribution is 2.32. The van der Waals surface area contributed by atoms with E-state index in [0.717, 1.165) is 5.56 Å². The lowest BCUT2D eigenvalue weighted by atomic mass is 9.87. The van der Waals surface area contributed by atoms with Gasteiger partial charge in [0, 0.05) is 10.6 Å². The number of benzene rings is 2. The number of aryl methyl sites for hydroxylation is 1. The average molecular weight is 265 g/mol. The first-order valence-corrected chi connectivity index (χ1v) is 6.04. The molecule has 1 unspecified atom stereocenters. The summed E-state index contributed by atoms with van der Waals surface area (Å²) in [5, 5.41) is 10.9. The highest BCUT2D eigenvalue weighted by Gasteiger charge is 2.28. The SMILES string of the molecule is Cc1cccc(C(C)(O)c2ccc(Cl)cc2F)c1. The first-order chi connectivity index (χ1) is 8.41. The van der Waals surface area contributed by atoms with Crippen LogP contribution in [0.15, 0.2) is 42.5 Å².